The number of hydrogen-bond acceptors (Lipinski definition) is 4. The number of aromatic nitrogens is 2. The van der Waals surface area contributed by atoms with E-state index in [1.165, 1.54) is 16.7 Å². The number of carbonyl (C=O) groups excluding carboxylic acids is 1. The van der Waals surface area contributed by atoms with Crippen LogP contribution in [0.4, 0.5) is 10.5 Å². The second kappa shape index (κ2) is 8.71. The summed E-state index contributed by atoms with van der Waals surface area (Å²) >= 11 is 0. The van der Waals surface area contributed by atoms with Crippen molar-refractivity contribution >= 4 is 11.8 Å². The number of hydrogen-bond donors (Lipinski definition) is 1. The van der Waals surface area contributed by atoms with Gasteiger partial charge in [0.2, 0.25) is 0 Å². The van der Waals surface area contributed by atoms with Gasteiger partial charge in [0.05, 0.1) is 17.6 Å². The van der Waals surface area contributed by atoms with E-state index >= 15 is 0 Å². The Hall–Kier alpha value is -3.12. The van der Waals surface area contributed by atoms with E-state index in [9.17, 15) is 4.79 Å². The average molecular weight is 405 g/mol. The van der Waals surface area contributed by atoms with Crippen LogP contribution in [0.5, 0.6) is 0 Å². The highest BCUT2D eigenvalue weighted by atomic mass is 16.6. The molecule has 6 heteroatoms. The van der Waals surface area contributed by atoms with Crippen molar-refractivity contribution in [2.45, 2.75) is 33.3 Å². The van der Waals surface area contributed by atoms with Crippen LogP contribution >= 0.6 is 0 Å². The van der Waals surface area contributed by atoms with E-state index in [1.807, 2.05) is 42.1 Å². The maximum atomic E-state index is 12.2. The predicted octanol–water partition coefficient (Wildman–Crippen LogP) is 4.72. The topological polar surface area (TPSA) is 59.4 Å². The Morgan fingerprint density at radius 3 is 2.60 bits per heavy atom. The molecule has 0 fully saturated rings. The van der Waals surface area contributed by atoms with Crippen LogP contribution in [0.25, 0.3) is 16.9 Å². The van der Waals surface area contributed by atoms with Crippen LogP contribution in [0.15, 0.2) is 54.7 Å². The molecule has 1 atom stereocenters. The molecule has 0 saturated carbocycles. The second-order valence-electron chi connectivity index (χ2n) is 7.64. The lowest BCUT2D eigenvalue weighted by Gasteiger charge is -2.22. The number of anilines is 1. The summed E-state index contributed by atoms with van der Waals surface area (Å²) < 4.78 is 7.45. The van der Waals surface area contributed by atoms with Gasteiger partial charge in [0.1, 0.15) is 6.10 Å². The molecule has 156 valence electrons. The van der Waals surface area contributed by atoms with Gasteiger partial charge in [0.15, 0.2) is 0 Å². The molecule has 1 aliphatic carbocycles. The molecule has 1 amide bonds. The molecular weight excluding hydrogens is 376 g/mol. The Kier molecular flexibility index (Phi) is 5.86. The summed E-state index contributed by atoms with van der Waals surface area (Å²) in [5.74, 6) is 0. The summed E-state index contributed by atoms with van der Waals surface area (Å²) in [5.41, 5.74) is 6.61. The van der Waals surface area contributed by atoms with E-state index in [1.54, 1.807) is 0 Å². The van der Waals surface area contributed by atoms with Crippen LogP contribution in [0.2, 0.25) is 0 Å². The molecule has 2 aromatic carbocycles. The Bertz CT molecular complexity index is 1020. The van der Waals surface area contributed by atoms with E-state index in [0.717, 1.165) is 37.4 Å². The summed E-state index contributed by atoms with van der Waals surface area (Å²) in [6.45, 7) is 8.73. The average Bonchev–Trinajstić information content (AvgIpc) is 3.32. The Balaban J connectivity index is 1.42. The van der Waals surface area contributed by atoms with Crippen molar-refractivity contribution in [2.24, 2.45) is 0 Å². The number of carbonyl (C=O) groups is 1. The molecule has 0 aliphatic heterocycles. The molecule has 0 bridgehead atoms. The lowest BCUT2D eigenvalue weighted by atomic mass is 10.1. The number of nitrogens with one attached hydrogen (secondary N) is 1. The summed E-state index contributed by atoms with van der Waals surface area (Å²) in [6.07, 6.45) is 2.26. The standard InChI is InChI=1S/C24H28N4O2/c1-4-27(5-2)16-17(3)30-24(29)26-20-10-12-21(13-11-20)28-23-19(15-25-28)14-18-8-6-7-9-22(18)23/h6-13,15,17H,4-5,14,16H2,1-3H3,(H,26,29). The minimum Gasteiger partial charge on any atom is -0.445 e. The third-order valence-corrected chi connectivity index (χ3v) is 5.57. The molecule has 1 aliphatic rings. The van der Waals surface area contributed by atoms with Gasteiger partial charge in [-0.1, -0.05) is 38.1 Å². The fourth-order valence-electron chi connectivity index (χ4n) is 4.00. The highest BCUT2D eigenvalue weighted by Gasteiger charge is 2.23. The summed E-state index contributed by atoms with van der Waals surface area (Å²) in [5, 5.41) is 7.39. The highest BCUT2D eigenvalue weighted by molar-refractivity contribution is 5.85. The first-order chi connectivity index (χ1) is 14.6. The van der Waals surface area contributed by atoms with Crippen molar-refractivity contribution in [2.75, 3.05) is 25.0 Å². The zero-order valence-corrected chi connectivity index (χ0v) is 17.8. The maximum absolute atomic E-state index is 12.2. The van der Waals surface area contributed by atoms with Crippen molar-refractivity contribution in [1.29, 1.82) is 0 Å². The number of rotatable bonds is 7. The fraction of sp³-hybridized carbons (Fsp3) is 0.333. The van der Waals surface area contributed by atoms with E-state index in [-0.39, 0.29) is 6.10 Å². The van der Waals surface area contributed by atoms with Crippen LogP contribution in [0.3, 0.4) is 0 Å². The maximum Gasteiger partial charge on any atom is 0.411 e. The van der Waals surface area contributed by atoms with Gasteiger partial charge in [-0.05, 0) is 49.8 Å². The first-order valence-electron chi connectivity index (χ1n) is 10.5. The van der Waals surface area contributed by atoms with Gasteiger partial charge in [-0.2, -0.15) is 5.10 Å². The van der Waals surface area contributed by atoms with Gasteiger partial charge in [-0.3, -0.25) is 5.32 Å². The third kappa shape index (κ3) is 4.09. The zero-order chi connectivity index (χ0) is 21.1. The van der Waals surface area contributed by atoms with Crippen LogP contribution in [0, 0.1) is 0 Å². The number of nitrogens with zero attached hydrogens (tertiary/aromatic N) is 3. The van der Waals surface area contributed by atoms with Gasteiger partial charge < -0.3 is 9.64 Å². The third-order valence-electron chi connectivity index (χ3n) is 5.57. The van der Waals surface area contributed by atoms with Gasteiger partial charge in [0.25, 0.3) is 0 Å². The Labute approximate surface area is 177 Å². The highest BCUT2D eigenvalue weighted by Crippen LogP contribution is 2.37. The zero-order valence-electron chi connectivity index (χ0n) is 17.8. The van der Waals surface area contributed by atoms with Gasteiger partial charge in [-0.15, -0.1) is 0 Å². The second-order valence-corrected chi connectivity index (χ2v) is 7.64. The lowest BCUT2D eigenvalue weighted by Crippen LogP contribution is -2.34. The smallest absolute Gasteiger partial charge is 0.411 e. The van der Waals surface area contributed by atoms with Crippen molar-refractivity contribution in [3.63, 3.8) is 0 Å². The number of ether oxygens (including phenoxy) is 1. The lowest BCUT2D eigenvalue weighted by molar-refractivity contribution is 0.0929. The summed E-state index contributed by atoms with van der Waals surface area (Å²) in [6, 6.07) is 16.1. The molecule has 3 aromatic rings. The molecule has 0 saturated heterocycles. The molecule has 30 heavy (non-hydrogen) atoms. The van der Waals surface area contributed by atoms with Crippen molar-refractivity contribution < 1.29 is 9.53 Å². The quantitative estimate of drug-likeness (QED) is 0.484. The molecule has 1 N–H and O–H groups in total. The van der Waals surface area contributed by atoms with E-state index in [2.05, 4.69) is 53.4 Å². The van der Waals surface area contributed by atoms with Crippen LogP contribution < -0.4 is 5.32 Å². The first-order valence-corrected chi connectivity index (χ1v) is 10.5. The predicted molar refractivity (Wildman–Crippen MR) is 119 cm³/mol. The molecule has 1 aromatic heterocycles. The number of fused-ring (bicyclic) bond motifs is 3. The monoisotopic (exact) mass is 404 g/mol. The number of likely N-dealkylation sites (N-methyl/N-ethyl adjacent to an activating group) is 1. The van der Waals surface area contributed by atoms with E-state index < -0.39 is 6.09 Å². The Morgan fingerprint density at radius 2 is 1.87 bits per heavy atom. The van der Waals surface area contributed by atoms with Crippen LogP contribution in [-0.4, -0.2) is 46.5 Å². The minimum absolute atomic E-state index is 0.170. The van der Waals surface area contributed by atoms with Gasteiger partial charge >= 0.3 is 6.09 Å². The normalized spacial score (nSPS) is 13.1. The van der Waals surface area contributed by atoms with Gasteiger partial charge in [-0.25, -0.2) is 9.48 Å². The van der Waals surface area contributed by atoms with Crippen molar-refractivity contribution in [3.05, 3.63) is 65.9 Å². The SMILES string of the molecule is CCN(CC)CC(C)OC(=O)Nc1ccc(-n2ncc3c2-c2ccccc2C3)cc1. The molecule has 1 heterocycles. The molecular formula is C24H28N4O2. The van der Waals surface area contributed by atoms with E-state index in [0.29, 0.717) is 5.69 Å². The Morgan fingerprint density at radius 1 is 1.13 bits per heavy atom. The van der Waals surface area contributed by atoms with Crippen LogP contribution in [-0.2, 0) is 11.2 Å². The molecule has 6 nitrogen and oxygen atoms in total. The van der Waals surface area contributed by atoms with Gasteiger partial charge in [0, 0.05) is 29.8 Å². The number of benzene rings is 2. The molecule has 4 rings (SSSR count). The van der Waals surface area contributed by atoms with Crippen molar-refractivity contribution in [1.82, 2.24) is 14.7 Å². The molecule has 0 radical (unpaired) electrons. The summed E-state index contributed by atoms with van der Waals surface area (Å²) in [7, 11) is 0. The molecule has 0 spiro atoms. The number of amides is 1. The first kappa shape index (κ1) is 20.2. The largest absolute Gasteiger partial charge is 0.445 e. The van der Waals surface area contributed by atoms with Crippen molar-refractivity contribution in [3.8, 4) is 16.9 Å². The minimum atomic E-state index is -0.434. The van der Waals surface area contributed by atoms with E-state index in [4.69, 9.17) is 4.74 Å². The van der Waals surface area contributed by atoms with Crippen LogP contribution in [0.1, 0.15) is 31.9 Å². The summed E-state index contributed by atoms with van der Waals surface area (Å²) in [4.78, 5) is 14.4. The fourth-order valence-corrected chi connectivity index (χ4v) is 4.00. The molecule has 1 unspecified atom stereocenters.